The van der Waals surface area contributed by atoms with Crippen molar-refractivity contribution >= 4 is 5.82 Å². The molecule has 16 heavy (non-hydrogen) atoms. The summed E-state index contributed by atoms with van der Waals surface area (Å²) in [6, 6.07) is 3.28. The lowest BCUT2D eigenvalue weighted by Gasteiger charge is -2.08. The van der Waals surface area contributed by atoms with Gasteiger partial charge in [0.25, 0.3) is 0 Å². The summed E-state index contributed by atoms with van der Waals surface area (Å²) in [5.41, 5.74) is 0. The van der Waals surface area contributed by atoms with Crippen molar-refractivity contribution in [3.8, 4) is 5.75 Å². The first kappa shape index (κ1) is 12.4. The number of nitrogens with one attached hydrogen (secondary N) is 1. The number of nitrogens with zero attached hydrogens (tertiary/aromatic N) is 2. The van der Waals surface area contributed by atoms with E-state index in [0.717, 1.165) is 6.54 Å². The molecule has 0 atom stereocenters. The highest BCUT2D eigenvalue weighted by Gasteiger charge is 2.06. The number of nitro groups is 1. The molecule has 0 aliphatic heterocycles. The highest BCUT2D eigenvalue weighted by atomic mass is 16.6. The molecule has 1 aromatic heterocycles. The van der Waals surface area contributed by atoms with Gasteiger partial charge in [-0.2, -0.15) is 0 Å². The number of hydrogen-bond acceptors (Lipinski definition) is 5. The smallest absolute Gasteiger partial charge is 0.363 e. The molecule has 0 bridgehead atoms. The summed E-state index contributed by atoms with van der Waals surface area (Å²) in [6.07, 6.45) is 1.35. The highest BCUT2D eigenvalue weighted by Crippen LogP contribution is 2.13. The fourth-order valence-electron chi connectivity index (χ4n) is 1.08. The average molecular weight is 225 g/mol. The van der Waals surface area contributed by atoms with Crippen LogP contribution in [0.2, 0.25) is 0 Å². The topological polar surface area (TPSA) is 77.3 Å². The van der Waals surface area contributed by atoms with E-state index in [9.17, 15) is 10.1 Å². The summed E-state index contributed by atoms with van der Waals surface area (Å²) in [4.78, 5) is 13.4. The first-order valence-corrected chi connectivity index (χ1v) is 5.06. The molecule has 6 nitrogen and oxygen atoms in total. The van der Waals surface area contributed by atoms with E-state index >= 15 is 0 Å². The molecule has 0 fully saturated rings. The number of ether oxygens (including phenoxy) is 1. The van der Waals surface area contributed by atoms with Gasteiger partial charge in [0.1, 0.15) is 6.61 Å². The van der Waals surface area contributed by atoms with Crippen molar-refractivity contribution in [1.82, 2.24) is 10.3 Å². The summed E-state index contributed by atoms with van der Waals surface area (Å²) in [6.45, 7) is 5.34. The van der Waals surface area contributed by atoms with E-state index in [0.29, 0.717) is 18.4 Å². The molecule has 0 saturated heterocycles. The molecule has 1 aromatic rings. The van der Waals surface area contributed by atoms with Crippen LogP contribution >= 0.6 is 0 Å². The first-order chi connectivity index (χ1) is 7.59. The van der Waals surface area contributed by atoms with Gasteiger partial charge in [0.15, 0.2) is 11.9 Å². The van der Waals surface area contributed by atoms with Crippen LogP contribution in [0.15, 0.2) is 18.3 Å². The number of pyridine rings is 1. The van der Waals surface area contributed by atoms with Gasteiger partial charge in [-0.25, -0.2) is 0 Å². The molecule has 1 rings (SSSR count). The summed E-state index contributed by atoms with van der Waals surface area (Å²) >= 11 is 0. The standard InChI is InChI=1S/C10H15N3O3/c1-8(2)11-5-6-16-9-3-4-10(12-7-9)13(14)15/h3-4,7-8,11H,5-6H2,1-2H3. The maximum absolute atomic E-state index is 10.3. The van der Waals surface area contributed by atoms with Gasteiger partial charge in [-0.3, -0.25) is 0 Å². The van der Waals surface area contributed by atoms with Gasteiger partial charge in [-0.1, -0.05) is 13.8 Å². The van der Waals surface area contributed by atoms with Gasteiger partial charge in [0.05, 0.1) is 0 Å². The van der Waals surface area contributed by atoms with Crippen LogP contribution in [0.25, 0.3) is 0 Å². The van der Waals surface area contributed by atoms with Gasteiger partial charge in [-0.05, 0) is 16.0 Å². The van der Waals surface area contributed by atoms with Crippen molar-refractivity contribution in [2.45, 2.75) is 19.9 Å². The van der Waals surface area contributed by atoms with Crippen LogP contribution in [0, 0.1) is 10.1 Å². The Morgan fingerprint density at radius 1 is 1.56 bits per heavy atom. The third kappa shape index (κ3) is 4.22. The zero-order valence-corrected chi connectivity index (χ0v) is 9.34. The largest absolute Gasteiger partial charge is 0.488 e. The second-order valence-corrected chi connectivity index (χ2v) is 3.57. The van der Waals surface area contributed by atoms with Gasteiger partial charge >= 0.3 is 5.82 Å². The zero-order valence-electron chi connectivity index (χ0n) is 9.34. The minimum absolute atomic E-state index is 0.173. The normalized spacial score (nSPS) is 10.4. The second-order valence-electron chi connectivity index (χ2n) is 3.57. The first-order valence-electron chi connectivity index (χ1n) is 5.06. The molecule has 0 aliphatic rings. The Hall–Kier alpha value is -1.69. The van der Waals surface area contributed by atoms with Gasteiger partial charge in [0.2, 0.25) is 0 Å². The molecule has 0 aromatic carbocycles. The lowest BCUT2D eigenvalue weighted by atomic mass is 10.4. The molecule has 0 radical (unpaired) electrons. The Labute approximate surface area is 93.8 Å². The molecule has 0 amide bonds. The fourth-order valence-corrected chi connectivity index (χ4v) is 1.08. The van der Waals surface area contributed by atoms with E-state index in [4.69, 9.17) is 4.74 Å². The lowest BCUT2D eigenvalue weighted by Crippen LogP contribution is -2.27. The third-order valence-electron chi connectivity index (χ3n) is 1.83. The minimum Gasteiger partial charge on any atom is -0.488 e. The fraction of sp³-hybridized carbons (Fsp3) is 0.500. The van der Waals surface area contributed by atoms with Crippen LogP contribution in [0.1, 0.15) is 13.8 Å². The Morgan fingerprint density at radius 2 is 2.31 bits per heavy atom. The second kappa shape index (κ2) is 6.02. The highest BCUT2D eigenvalue weighted by molar-refractivity contribution is 5.26. The molecule has 0 saturated carbocycles. The molecule has 1 heterocycles. The van der Waals surface area contributed by atoms with Crippen molar-refractivity contribution in [2.24, 2.45) is 0 Å². The van der Waals surface area contributed by atoms with Gasteiger partial charge in [0, 0.05) is 18.7 Å². The van der Waals surface area contributed by atoms with E-state index in [1.54, 1.807) is 6.07 Å². The molecular weight excluding hydrogens is 210 g/mol. The van der Waals surface area contributed by atoms with Crippen LogP contribution < -0.4 is 10.1 Å². The average Bonchev–Trinajstić information content (AvgIpc) is 2.25. The predicted molar refractivity (Wildman–Crippen MR) is 59.5 cm³/mol. The van der Waals surface area contributed by atoms with Crippen molar-refractivity contribution in [3.63, 3.8) is 0 Å². The SMILES string of the molecule is CC(C)NCCOc1ccc([N+](=O)[O-])nc1. The molecule has 88 valence electrons. The minimum atomic E-state index is -0.538. The molecule has 0 spiro atoms. The number of hydrogen-bond donors (Lipinski definition) is 1. The van der Waals surface area contributed by atoms with Gasteiger partial charge in [-0.15, -0.1) is 0 Å². The summed E-state index contributed by atoms with van der Waals surface area (Å²) in [5, 5.41) is 13.5. The van der Waals surface area contributed by atoms with Crippen LogP contribution in [-0.2, 0) is 0 Å². The molecule has 1 N–H and O–H groups in total. The number of aromatic nitrogens is 1. The van der Waals surface area contributed by atoms with Crippen LogP contribution in [0.4, 0.5) is 5.82 Å². The monoisotopic (exact) mass is 225 g/mol. The summed E-state index contributed by atoms with van der Waals surface area (Å²) in [7, 11) is 0. The molecule has 6 heteroatoms. The zero-order chi connectivity index (χ0) is 12.0. The quantitative estimate of drug-likeness (QED) is 0.449. The van der Waals surface area contributed by atoms with E-state index in [2.05, 4.69) is 10.3 Å². The van der Waals surface area contributed by atoms with Crippen LogP contribution in [-0.4, -0.2) is 29.1 Å². The van der Waals surface area contributed by atoms with Crippen molar-refractivity contribution in [3.05, 3.63) is 28.4 Å². The summed E-state index contributed by atoms with van der Waals surface area (Å²) in [5.74, 6) is 0.365. The van der Waals surface area contributed by atoms with E-state index < -0.39 is 4.92 Å². The van der Waals surface area contributed by atoms with E-state index in [-0.39, 0.29) is 5.82 Å². The Kier molecular flexibility index (Phi) is 4.65. The predicted octanol–water partition coefficient (Wildman–Crippen LogP) is 1.37. The Morgan fingerprint density at radius 3 is 2.81 bits per heavy atom. The van der Waals surface area contributed by atoms with Gasteiger partial charge < -0.3 is 20.2 Å². The third-order valence-corrected chi connectivity index (χ3v) is 1.83. The molecule has 0 aliphatic carbocycles. The van der Waals surface area contributed by atoms with Crippen molar-refractivity contribution < 1.29 is 9.66 Å². The number of rotatable bonds is 6. The maximum atomic E-state index is 10.3. The molecule has 0 unspecified atom stereocenters. The van der Waals surface area contributed by atoms with Crippen LogP contribution in [0.3, 0.4) is 0 Å². The maximum Gasteiger partial charge on any atom is 0.363 e. The van der Waals surface area contributed by atoms with Crippen molar-refractivity contribution in [2.75, 3.05) is 13.2 Å². The summed E-state index contributed by atoms with van der Waals surface area (Å²) < 4.78 is 5.34. The Bertz CT molecular complexity index is 338. The van der Waals surface area contributed by atoms with Crippen molar-refractivity contribution in [1.29, 1.82) is 0 Å². The molecular formula is C10H15N3O3. The van der Waals surface area contributed by atoms with Crippen LogP contribution in [0.5, 0.6) is 5.75 Å². The Balaban J connectivity index is 2.35. The van der Waals surface area contributed by atoms with E-state index in [1.807, 2.05) is 13.8 Å². The van der Waals surface area contributed by atoms with E-state index in [1.165, 1.54) is 12.3 Å². The lowest BCUT2D eigenvalue weighted by molar-refractivity contribution is -0.389.